The number of imide groups is 1. The van der Waals surface area contributed by atoms with E-state index in [1.165, 1.54) is 11.1 Å². The molecule has 0 aromatic heterocycles. The fourth-order valence-electron chi connectivity index (χ4n) is 2.48. The molecule has 27 heavy (non-hydrogen) atoms. The van der Waals surface area contributed by atoms with Crippen molar-refractivity contribution in [2.45, 2.75) is 38.0 Å². The number of hydrogen-bond donors (Lipinski definition) is 2. The van der Waals surface area contributed by atoms with Gasteiger partial charge in [-0.2, -0.15) is 13.2 Å². The smallest absolute Gasteiger partial charge is 0.373 e. The Morgan fingerprint density at radius 1 is 1.15 bits per heavy atom. The number of carbonyl (C=O) groups is 2. The number of hydrogen-bond acceptors (Lipinski definition) is 4. The van der Waals surface area contributed by atoms with Crippen molar-refractivity contribution in [3.8, 4) is 0 Å². The highest BCUT2D eigenvalue weighted by Crippen LogP contribution is 2.34. The molecule has 2 rings (SSSR count). The Morgan fingerprint density at radius 3 is 2.26 bits per heavy atom. The summed E-state index contributed by atoms with van der Waals surface area (Å²) in [7, 11) is 0. The van der Waals surface area contributed by atoms with Crippen LogP contribution in [0.3, 0.4) is 0 Å². The number of hydrazine groups is 1. The predicted octanol–water partition coefficient (Wildman–Crippen LogP) is 3.75. The maximum absolute atomic E-state index is 13.1. The molecule has 1 aliphatic heterocycles. The standard InChI is InChI=1S/C16H18Cl2F3N3O3/c1-15(27,16(19,20)21)13(25)24(10-5-6-11(17)12(18)9-10)14(26)22-23-7-3-2-4-8-23/h5-6,9,27H,2-4,7-8H2,1H3,(H,22,26). The highest BCUT2D eigenvalue weighted by atomic mass is 35.5. The fourth-order valence-corrected chi connectivity index (χ4v) is 2.77. The molecule has 0 bridgehead atoms. The molecule has 1 aliphatic rings. The van der Waals surface area contributed by atoms with Crippen LogP contribution >= 0.6 is 23.2 Å². The number of rotatable bonds is 3. The maximum Gasteiger partial charge on any atom is 0.426 e. The molecule has 0 saturated carbocycles. The number of alkyl halides is 3. The van der Waals surface area contributed by atoms with Gasteiger partial charge in [-0.3, -0.25) is 10.2 Å². The van der Waals surface area contributed by atoms with E-state index in [0.29, 0.717) is 13.1 Å². The third kappa shape index (κ3) is 4.84. The zero-order valence-corrected chi connectivity index (χ0v) is 15.8. The van der Waals surface area contributed by atoms with Gasteiger partial charge in [0.25, 0.3) is 5.91 Å². The molecule has 0 spiro atoms. The number of aliphatic hydroxyl groups is 1. The zero-order valence-electron chi connectivity index (χ0n) is 14.3. The molecule has 0 radical (unpaired) electrons. The second-order valence-electron chi connectivity index (χ2n) is 6.27. The number of urea groups is 1. The van der Waals surface area contributed by atoms with Crippen LogP contribution in [0.4, 0.5) is 23.7 Å². The molecular formula is C16H18Cl2F3N3O3. The molecule has 1 fully saturated rings. The van der Waals surface area contributed by atoms with Crippen molar-refractivity contribution in [2.24, 2.45) is 0 Å². The van der Waals surface area contributed by atoms with Crippen molar-refractivity contribution >= 4 is 40.8 Å². The molecule has 6 nitrogen and oxygen atoms in total. The van der Waals surface area contributed by atoms with Gasteiger partial charge in [-0.1, -0.05) is 29.6 Å². The topological polar surface area (TPSA) is 72.9 Å². The Balaban J connectivity index is 2.39. The van der Waals surface area contributed by atoms with Gasteiger partial charge in [0.2, 0.25) is 5.60 Å². The van der Waals surface area contributed by atoms with E-state index in [1.54, 1.807) is 0 Å². The first-order valence-corrected chi connectivity index (χ1v) is 8.85. The summed E-state index contributed by atoms with van der Waals surface area (Å²) in [4.78, 5) is 25.3. The van der Waals surface area contributed by atoms with Crippen molar-refractivity contribution in [3.05, 3.63) is 28.2 Å². The first-order valence-electron chi connectivity index (χ1n) is 8.09. The van der Waals surface area contributed by atoms with Crippen molar-refractivity contribution in [2.75, 3.05) is 18.0 Å². The number of benzene rings is 1. The minimum Gasteiger partial charge on any atom is -0.373 e. The first kappa shape index (κ1) is 21.7. The van der Waals surface area contributed by atoms with E-state index < -0.39 is 23.7 Å². The number of halogens is 5. The summed E-state index contributed by atoms with van der Waals surface area (Å²) in [5, 5.41) is 11.3. The molecule has 1 heterocycles. The summed E-state index contributed by atoms with van der Waals surface area (Å²) in [6.07, 6.45) is -2.74. The summed E-state index contributed by atoms with van der Waals surface area (Å²) >= 11 is 11.7. The molecule has 11 heteroatoms. The SMILES string of the molecule is CC(O)(C(=O)N(C(=O)NN1CCCCC1)c1ccc(Cl)c(Cl)c1)C(F)(F)F. The number of nitrogens with one attached hydrogen (secondary N) is 1. The highest BCUT2D eigenvalue weighted by molar-refractivity contribution is 6.42. The Hall–Kier alpha value is -1.55. The summed E-state index contributed by atoms with van der Waals surface area (Å²) in [5.41, 5.74) is -1.63. The summed E-state index contributed by atoms with van der Waals surface area (Å²) in [5.74, 6) is -1.86. The normalized spacial score (nSPS) is 17.9. The summed E-state index contributed by atoms with van der Waals surface area (Å²) in [6, 6.07) is 2.33. The van der Waals surface area contributed by atoms with Crippen LogP contribution in [0.1, 0.15) is 26.2 Å². The van der Waals surface area contributed by atoms with E-state index in [9.17, 15) is 27.9 Å². The van der Waals surface area contributed by atoms with E-state index >= 15 is 0 Å². The van der Waals surface area contributed by atoms with Crippen molar-refractivity contribution in [1.29, 1.82) is 0 Å². The largest absolute Gasteiger partial charge is 0.426 e. The summed E-state index contributed by atoms with van der Waals surface area (Å²) < 4.78 is 39.4. The number of piperidine rings is 1. The number of amides is 3. The number of carbonyl (C=O) groups excluding carboxylic acids is 2. The van der Waals surface area contributed by atoms with E-state index in [1.807, 2.05) is 0 Å². The first-order chi connectivity index (χ1) is 12.4. The third-order valence-electron chi connectivity index (χ3n) is 4.15. The minimum absolute atomic E-state index is 0.0654. The van der Waals surface area contributed by atoms with Gasteiger partial charge in [-0.25, -0.2) is 14.7 Å². The van der Waals surface area contributed by atoms with Crippen molar-refractivity contribution in [1.82, 2.24) is 10.4 Å². The van der Waals surface area contributed by atoms with Crippen LogP contribution in [0.2, 0.25) is 10.0 Å². The second-order valence-corrected chi connectivity index (χ2v) is 7.09. The highest BCUT2D eigenvalue weighted by Gasteiger charge is 2.58. The Bertz CT molecular complexity index is 723. The van der Waals surface area contributed by atoms with Gasteiger partial charge >= 0.3 is 12.2 Å². The molecular weight excluding hydrogens is 410 g/mol. The van der Waals surface area contributed by atoms with Crippen molar-refractivity contribution in [3.63, 3.8) is 0 Å². The van der Waals surface area contributed by atoms with Gasteiger partial charge in [0.05, 0.1) is 15.7 Å². The van der Waals surface area contributed by atoms with Crippen LogP contribution < -0.4 is 10.3 Å². The average Bonchev–Trinajstić information content (AvgIpc) is 2.58. The van der Waals surface area contributed by atoms with E-state index in [2.05, 4.69) is 5.43 Å². The van der Waals surface area contributed by atoms with Crippen molar-refractivity contribution < 1.29 is 27.9 Å². The molecule has 150 valence electrons. The molecule has 2 N–H and O–H groups in total. The Kier molecular flexibility index (Phi) is 6.62. The minimum atomic E-state index is -5.29. The van der Waals surface area contributed by atoms with E-state index in [0.717, 1.165) is 31.4 Å². The summed E-state index contributed by atoms with van der Waals surface area (Å²) in [6.45, 7) is 1.27. The molecule has 1 saturated heterocycles. The van der Waals surface area contributed by atoms with Gasteiger partial charge < -0.3 is 5.11 Å². The molecule has 1 aromatic rings. The molecule has 1 unspecified atom stereocenters. The lowest BCUT2D eigenvalue weighted by Gasteiger charge is -2.33. The van der Waals surface area contributed by atoms with Crippen LogP contribution in [0, 0.1) is 0 Å². The number of nitrogens with zero attached hydrogens (tertiary/aromatic N) is 2. The van der Waals surface area contributed by atoms with Crippen LogP contribution in [0.5, 0.6) is 0 Å². The number of anilines is 1. The molecule has 3 amide bonds. The quantitative estimate of drug-likeness (QED) is 0.770. The Morgan fingerprint density at radius 2 is 1.74 bits per heavy atom. The van der Waals surface area contributed by atoms with Gasteiger partial charge in [-0.05, 0) is 38.0 Å². The van der Waals surface area contributed by atoms with Gasteiger partial charge in [0.1, 0.15) is 0 Å². The third-order valence-corrected chi connectivity index (χ3v) is 4.88. The van der Waals surface area contributed by atoms with Gasteiger partial charge in [0.15, 0.2) is 0 Å². The van der Waals surface area contributed by atoms with Gasteiger partial charge in [0, 0.05) is 13.1 Å². The Labute approximate surface area is 163 Å². The zero-order chi connectivity index (χ0) is 20.4. The molecule has 1 aromatic carbocycles. The van der Waals surface area contributed by atoms with E-state index in [4.69, 9.17) is 23.2 Å². The van der Waals surface area contributed by atoms with Crippen LogP contribution in [0.15, 0.2) is 18.2 Å². The van der Waals surface area contributed by atoms with Crippen LogP contribution in [0.25, 0.3) is 0 Å². The van der Waals surface area contributed by atoms with Crippen LogP contribution in [-0.4, -0.2) is 46.9 Å². The molecule has 1 atom stereocenters. The lowest BCUT2D eigenvalue weighted by Crippen LogP contribution is -2.61. The monoisotopic (exact) mass is 427 g/mol. The van der Waals surface area contributed by atoms with Crippen LogP contribution in [-0.2, 0) is 4.79 Å². The van der Waals surface area contributed by atoms with E-state index in [-0.39, 0.29) is 27.6 Å². The maximum atomic E-state index is 13.1. The van der Waals surface area contributed by atoms with Gasteiger partial charge in [-0.15, -0.1) is 0 Å². The lowest BCUT2D eigenvalue weighted by atomic mass is 10.0. The average molecular weight is 428 g/mol. The lowest BCUT2D eigenvalue weighted by molar-refractivity contribution is -0.243. The molecule has 0 aliphatic carbocycles. The fraction of sp³-hybridized carbons (Fsp3) is 0.500. The second kappa shape index (κ2) is 8.22. The predicted molar refractivity (Wildman–Crippen MR) is 94.6 cm³/mol.